The minimum Gasteiger partial charge on any atom is -0.323 e. The summed E-state index contributed by atoms with van der Waals surface area (Å²) in [6, 6.07) is 12.9. The van der Waals surface area contributed by atoms with Crippen molar-refractivity contribution in [3.05, 3.63) is 68.4 Å². The molecular weight excluding hydrogens is 334 g/mol. The molecule has 6 heteroatoms. The first kappa shape index (κ1) is 13.8. The van der Waals surface area contributed by atoms with E-state index in [4.69, 9.17) is 0 Å². The van der Waals surface area contributed by atoms with Crippen LogP contribution in [0.2, 0.25) is 0 Å². The molecule has 3 aromatic rings. The lowest BCUT2D eigenvalue weighted by molar-refractivity contribution is -0.385. The van der Waals surface area contributed by atoms with Gasteiger partial charge in [-0.15, -0.1) is 0 Å². The molecule has 3 rings (SSSR count). The fraction of sp³-hybridized carbons (Fsp3) is 0.133. The molecule has 0 radical (unpaired) electrons. The smallest absolute Gasteiger partial charge is 0.275 e. The van der Waals surface area contributed by atoms with Gasteiger partial charge in [-0.2, -0.15) is 0 Å². The Kier molecular flexibility index (Phi) is 3.47. The van der Waals surface area contributed by atoms with E-state index in [1.54, 1.807) is 6.07 Å². The monoisotopic (exact) mass is 345 g/mol. The van der Waals surface area contributed by atoms with Crippen molar-refractivity contribution in [1.82, 2.24) is 9.55 Å². The van der Waals surface area contributed by atoms with Crippen molar-refractivity contribution in [3.63, 3.8) is 0 Å². The zero-order valence-electron chi connectivity index (χ0n) is 11.3. The van der Waals surface area contributed by atoms with Crippen LogP contribution in [0.3, 0.4) is 0 Å². The van der Waals surface area contributed by atoms with Crippen LogP contribution in [0.5, 0.6) is 0 Å². The molecule has 0 aliphatic rings. The summed E-state index contributed by atoms with van der Waals surface area (Å²) < 4.78 is 2.69. The minimum absolute atomic E-state index is 0.113. The number of imidazole rings is 1. The van der Waals surface area contributed by atoms with Gasteiger partial charge in [0.1, 0.15) is 5.82 Å². The Morgan fingerprint density at radius 3 is 2.81 bits per heavy atom. The van der Waals surface area contributed by atoms with Crippen molar-refractivity contribution in [2.75, 3.05) is 0 Å². The molecule has 0 spiro atoms. The van der Waals surface area contributed by atoms with Crippen molar-refractivity contribution in [2.45, 2.75) is 13.5 Å². The summed E-state index contributed by atoms with van der Waals surface area (Å²) in [7, 11) is 0. The molecule has 1 heterocycles. The van der Waals surface area contributed by atoms with E-state index in [0.29, 0.717) is 16.6 Å². The van der Waals surface area contributed by atoms with Crippen LogP contribution in [0.15, 0.2) is 46.9 Å². The molecule has 1 aromatic heterocycles. The highest BCUT2D eigenvalue weighted by Gasteiger charge is 2.16. The maximum atomic E-state index is 11.2. The molecule has 0 bridgehead atoms. The first-order valence-electron chi connectivity index (χ1n) is 6.41. The maximum absolute atomic E-state index is 11.2. The van der Waals surface area contributed by atoms with Gasteiger partial charge in [0.15, 0.2) is 0 Å². The van der Waals surface area contributed by atoms with Gasteiger partial charge >= 0.3 is 0 Å². The predicted octanol–water partition coefficient (Wildman–Crippen LogP) is 4.06. The van der Waals surface area contributed by atoms with Gasteiger partial charge in [-0.25, -0.2) is 4.98 Å². The van der Waals surface area contributed by atoms with Gasteiger partial charge in [0.05, 0.1) is 22.5 Å². The third kappa shape index (κ3) is 2.54. The third-order valence-electron chi connectivity index (χ3n) is 3.42. The Labute approximate surface area is 129 Å². The molecule has 0 unspecified atom stereocenters. The second-order valence-electron chi connectivity index (χ2n) is 4.76. The SMILES string of the molecule is Cc1nc2ccccc2n1Cc1ccc(Br)cc1[N+](=O)[O-]. The Morgan fingerprint density at radius 1 is 1.29 bits per heavy atom. The molecule has 0 atom stereocenters. The normalized spacial score (nSPS) is 11.0. The second-order valence-corrected chi connectivity index (χ2v) is 5.68. The van der Waals surface area contributed by atoms with Crippen LogP contribution in [0.1, 0.15) is 11.4 Å². The Bertz CT molecular complexity index is 842. The van der Waals surface area contributed by atoms with Gasteiger partial charge in [-0.3, -0.25) is 10.1 Å². The van der Waals surface area contributed by atoms with Gasteiger partial charge < -0.3 is 4.57 Å². The maximum Gasteiger partial charge on any atom is 0.275 e. The number of benzene rings is 2. The lowest BCUT2D eigenvalue weighted by atomic mass is 10.1. The summed E-state index contributed by atoms with van der Waals surface area (Å²) in [5.41, 5.74) is 2.65. The number of nitrogens with zero attached hydrogens (tertiary/aromatic N) is 3. The minimum atomic E-state index is -0.353. The lowest BCUT2D eigenvalue weighted by Gasteiger charge is -2.08. The highest BCUT2D eigenvalue weighted by molar-refractivity contribution is 9.10. The second kappa shape index (κ2) is 5.29. The zero-order valence-corrected chi connectivity index (χ0v) is 12.9. The van der Waals surface area contributed by atoms with Crippen molar-refractivity contribution in [3.8, 4) is 0 Å². The summed E-state index contributed by atoms with van der Waals surface area (Å²) in [5, 5.41) is 11.2. The van der Waals surface area contributed by atoms with Gasteiger partial charge in [0.25, 0.3) is 5.69 Å². The number of halogens is 1. The number of aromatic nitrogens is 2. The standard InChI is InChI=1S/C15H12BrN3O2/c1-10-17-13-4-2-3-5-14(13)18(10)9-11-6-7-12(16)8-15(11)19(20)21/h2-8H,9H2,1H3. The number of aryl methyl sites for hydroxylation is 1. The predicted molar refractivity (Wildman–Crippen MR) is 84.4 cm³/mol. The Balaban J connectivity index is 2.11. The number of fused-ring (bicyclic) bond motifs is 1. The van der Waals surface area contributed by atoms with Crippen LogP contribution in [0, 0.1) is 17.0 Å². The van der Waals surface area contributed by atoms with E-state index in [1.165, 1.54) is 6.07 Å². The summed E-state index contributed by atoms with van der Waals surface area (Å²) in [6.45, 7) is 2.33. The van der Waals surface area contributed by atoms with Crippen LogP contribution in [-0.4, -0.2) is 14.5 Å². The highest BCUT2D eigenvalue weighted by atomic mass is 79.9. The van der Waals surface area contributed by atoms with Gasteiger partial charge in [0, 0.05) is 16.1 Å². The number of hydrogen-bond acceptors (Lipinski definition) is 3. The van der Waals surface area contributed by atoms with Crippen molar-refractivity contribution in [2.24, 2.45) is 0 Å². The fourth-order valence-electron chi connectivity index (χ4n) is 2.41. The van der Waals surface area contributed by atoms with E-state index in [1.807, 2.05) is 41.8 Å². The van der Waals surface area contributed by atoms with E-state index in [-0.39, 0.29) is 10.6 Å². The summed E-state index contributed by atoms with van der Waals surface area (Å²) in [6.07, 6.45) is 0. The van der Waals surface area contributed by atoms with Crippen molar-refractivity contribution < 1.29 is 4.92 Å². The molecule has 0 amide bonds. The van der Waals surface area contributed by atoms with Crippen LogP contribution in [0.4, 0.5) is 5.69 Å². The van der Waals surface area contributed by atoms with Gasteiger partial charge in [0.2, 0.25) is 0 Å². The lowest BCUT2D eigenvalue weighted by Crippen LogP contribution is -2.05. The van der Waals surface area contributed by atoms with Gasteiger partial charge in [-0.1, -0.05) is 28.1 Å². The zero-order chi connectivity index (χ0) is 15.0. The Morgan fingerprint density at radius 2 is 2.05 bits per heavy atom. The molecule has 0 saturated carbocycles. The van der Waals surface area contributed by atoms with Crippen LogP contribution in [-0.2, 0) is 6.54 Å². The molecule has 2 aromatic carbocycles. The summed E-state index contributed by atoms with van der Waals surface area (Å²) in [4.78, 5) is 15.3. The van der Waals surface area contributed by atoms with Crippen LogP contribution >= 0.6 is 15.9 Å². The first-order valence-corrected chi connectivity index (χ1v) is 7.20. The van der Waals surface area contributed by atoms with E-state index in [9.17, 15) is 10.1 Å². The average molecular weight is 346 g/mol. The molecule has 0 saturated heterocycles. The molecule has 0 aliphatic carbocycles. The molecule has 106 valence electrons. The van der Waals surface area contributed by atoms with Crippen molar-refractivity contribution in [1.29, 1.82) is 0 Å². The molecule has 0 fully saturated rings. The first-order chi connectivity index (χ1) is 10.1. The van der Waals surface area contributed by atoms with Crippen LogP contribution < -0.4 is 0 Å². The van der Waals surface area contributed by atoms with Gasteiger partial charge in [-0.05, 0) is 31.2 Å². The third-order valence-corrected chi connectivity index (χ3v) is 3.91. The van der Waals surface area contributed by atoms with E-state index in [2.05, 4.69) is 20.9 Å². The van der Waals surface area contributed by atoms with E-state index >= 15 is 0 Å². The Hall–Kier alpha value is -2.21. The molecule has 21 heavy (non-hydrogen) atoms. The van der Waals surface area contributed by atoms with Crippen LogP contribution in [0.25, 0.3) is 11.0 Å². The molecular formula is C15H12BrN3O2. The average Bonchev–Trinajstić information content (AvgIpc) is 2.77. The number of nitro benzene ring substituents is 1. The molecule has 5 nitrogen and oxygen atoms in total. The molecule has 0 aliphatic heterocycles. The topological polar surface area (TPSA) is 61.0 Å². The summed E-state index contributed by atoms with van der Waals surface area (Å²) in [5.74, 6) is 0.841. The van der Waals surface area contributed by atoms with E-state index in [0.717, 1.165) is 16.9 Å². The number of para-hydroxylation sites is 2. The largest absolute Gasteiger partial charge is 0.323 e. The number of hydrogen-bond donors (Lipinski definition) is 0. The van der Waals surface area contributed by atoms with E-state index < -0.39 is 0 Å². The fourth-order valence-corrected chi connectivity index (χ4v) is 2.76. The molecule has 0 N–H and O–H groups in total. The van der Waals surface area contributed by atoms with Crippen molar-refractivity contribution >= 4 is 32.7 Å². The quantitative estimate of drug-likeness (QED) is 0.531. The summed E-state index contributed by atoms with van der Waals surface area (Å²) >= 11 is 3.27. The highest BCUT2D eigenvalue weighted by Crippen LogP contribution is 2.26. The number of nitro groups is 1. The number of rotatable bonds is 3.